The van der Waals surface area contributed by atoms with Crippen LogP contribution >= 0.6 is 11.6 Å². The fourth-order valence-corrected chi connectivity index (χ4v) is 1.16. The maximum absolute atomic E-state index is 9.01. The molecule has 0 saturated heterocycles. The summed E-state index contributed by atoms with van der Waals surface area (Å²) in [5, 5.41) is 20.8. The molecule has 0 aromatic heterocycles. The number of rotatable bonds is 1. The van der Waals surface area contributed by atoms with Gasteiger partial charge in [0.15, 0.2) is 0 Å². The van der Waals surface area contributed by atoms with E-state index in [1.807, 2.05) is 0 Å². The summed E-state index contributed by atoms with van der Waals surface area (Å²) in [6.07, 6.45) is 0. The van der Waals surface area contributed by atoms with Crippen molar-refractivity contribution in [3.05, 3.63) is 28.8 Å². The van der Waals surface area contributed by atoms with Crippen molar-refractivity contribution in [3.8, 4) is 5.75 Å². The summed E-state index contributed by atoms with van der Waals surface area (Å²) >= 11 is 5.75. The second-order valence-electron chi connectivity index (χ2n) is 2.35. The lowest BCUT2D eigenvalue weighted by Crippen LogP contribution is -1.94. The van der Waals surface area contributed by atoms with Gasteiger partial charge < -0.3 is 10.3 Å². The molecule has 0 aliphatic carbocycles. The number of aromatic hydroxyl groups is 1. The highest BCUT2D eigenvalue weighted by Crippen LogP contribution is 2.21. The van der Waals surface area contributed by atoms with Crippen molar-refractivity contribution in [3.63, 3.8) is 0 Å². The average molecular weight is 186 g/mol. The molecule has 0 spiro atoms. The number of oxime groups is 1. The van der Waals surface area contributed by atoms with Gasteiger partial charge in [-0.15, -0.1) is 0 Å². The molecule has 0 radical (unpaired) electrons. The van der Waals surface area contributed by atoms with E-state index in [9.17, 15) is 0 Å². The minimum atomic E-state index is 0.0921. The molecule has 2 N–H and O–H groups in total. The summed E-state index contributed by atoms with van der Waals surface area (Å²) in [6.45, 7) is 1.62. The zero-order valence-corrected chi connectivity index (χ0v) is 7.21. The Bertz CT molecular complexity index is 323. The summed E-state index contributed by atoms with van der Waals surface area (Å²) in [5.41, 5.74) is 1.02. The van der Waals surface area contributed by atoms with E-state index in [1.165, 1.54) is 12.1 Å². The predicted molar refractivity (Wildman–Crippen MR) is 47.1 cm³/mol. The molecule has 0 saturated carbocycles. The SMILES string of the molecule is C/C(=N/O)c1ccc(O)cc1Cl. The molecule has 0 aliphatic heterocycles. The summed E-state index contributed by atoms with van der Waals surface area (Å²) in [5.74, 6) is 0.0921. The Labute approximate surface area is 74.9 Å². The topological polar surface area (TPSA) is 52.8 Å². The Hall–Kier alpha value is -1.22. The maximum Gasteiger partial charge on any atom is 0.117 e. The zero-order valence-electron chi connectivity index (χ0n) is 6.45. The molecule has 0 amide bonds. The summed E-state index contributed by atoms with van der Waals surface area (Å²) in [6, 6.07) is 4.47. The van der Waals surface area contributed by atoms with Crippen LogP contribution in [0.1, 0.15) is 12.5 Å². The van der Waals surface area contributed by atoms with Gasteiger partial charge in [0.1, 0.15) is 5.75 Å². The van der Waals surface area contributed by atoms with E-state index in [-0.39, 0.29) is 5.75 Å². The second kappa shape index (κ2) is 3.45. The van der Waals surface area contributed by atoms with Crippen LogP contribution in [0, 0.1) is 0 Å². The van der Waals surface area contributed by atoms with Gasteiger partial charge in [-0.05, 0) is 25.1 Å². The van der Waals surface area contributed by atoms with Crippen molar-refractivity contribution in [2.24, 2.45) is 5.16 Å². The molecule has 0 unspecified atom stereocenters. The standard InChI is InChI=1S/C8H8ClNO2/c1-5(10-12)7-3-2-6(11)4-8(7)9/h2-4,11-12H,1H3/b10-5-. The predicted octanol–water partition coefficient (Wildman–Crippen LogP) is 2.24. The molecule has 1 rings (SSSR count). The van der Waals surface area contributed by atoms with Crippen LogP contribution in [-0.2, 0) is 0 Å². The molecule has 1 aromatic rings. The highest BCUT2D eigenvalue weighted by atomic mass is 35.5. The summed E-state index contributed by atoms with van der Waals surface area (Å²) in [4.78, 5) is 0. The largest absolute Gasteiger partial charge is 0.508 e. The van der Waals surface area contributed by atoms with Gasteiger partial charge in [-0.25, -0.2) is 0 Å². The van der Waals surface area contributed by atoms with Crippen molar-refractivity contribution < 1.29 is 10.3 Å². The summed E-state index contributed by atoms with van der Waals surface area (Å²) in [7, 11) is 0. The third-order valence-corrected chi connectivity index (χ3v) is 1.81. The van der Waals surface area contributed by atoms with Crippen molar-refractivity contribution in [2.75, 3.05) is 0 Å². The first-order chi connectivity index (χ1) is 5.65. The van der Waals surface area contributed by atoms with Crippen LogP contribution in [0.5, 0.6) is 5.75 Å². The summed E-state index contributed by atoms with van der Waals surface area (Å²) < 4.78 is 0. The average Bonchev–Trinajstić information content (AvgIpc) is 2.03. The van der Waals surface area contributed by atoms with Crippen LogP contribution < -0.4 is 0 Å². The molecule has 0 fully saturated rings. The molecule has 4 heteroatoms. The minimum absolute atomic E-state index is 0.0921. The third kappa shape index (κ3) is 1.68. The molecule has 0 heterocycles. The number of phenolic OH excluding ortho intramolecular Hbond substituents is 1. The number of halogens is 1. The third-order valence-electron chi connectivity index (χ3n) is 1.49. The van der Waals surface area contributed by atoms with Gasteiger partial charge in [-0.3, -0.25) is 0 Å². The highest BCUT2D eigenvalue weighted by molar-refractivity contribution is 6.34. The van der Waals surface area contributed by atoms with Crippen LogP contribution in [0.2, 0.25) is 5.02 Å². The quantitative estimate of drug-likeness (QED) is 0.401. The molecule has 0 bridgehead atoms. The lowest BCUT2D eigenvalue weighted by molar-refractivity contribution is 0.319. The Kier molecular flexibility index (Phi) is 2.55. The Morgan fingerprint density at radius 1 is 1.50 bits per heavy atom. The van der Waals surface area contributed by atoms with E-state index >= 15 is 0 Å². The Balaban J connectivity index is 3.18. The number of benzene rings is 1. The fraction of sp³-hybridized carbons (Fsp3) is 0.125. The lowest BCUT2D eigenvalue weighted by Gasteiger charge is -2.01. The van der Waals surface area contributed by atoms with Gasteiger partial charge in [-0.2, -0.15) is 0 Å². The monoisotopic (exact) mass is 185 g/mol. The van der Waals surface area contributed by atoms with E-state index in [1.54, 1.807) is 13.0 Å². The molecule has 0 atom stereocenters. The van der Waals surface area contributed by atoms with E-state index in [2.05, 4.69) is 5.16 Å². The highest BCUT2D eigenvalue weighted by Gasteiger charge is 2.04. The Morgan fingerprint density at radius 2 is 2.17 bits per heavy atom. The molecule has 3 nitrogen and oxygen atoms in total. The van der Waals surface area contributed by atoms with Crippen molar-refractivity contribution in [2.45, 2.75) is 6.92 Å². The zero-order chi connectivity index (χ0) is 9.14. The maximum atomic E-state index is 9.01. The Morgan fingerprint density at radius 3 is 2.67 bits per heavy atom. The number of hydrogen-bond acceptors (Lipinski definition) is 3. The smallest absolute Gasteiger partial charge is 0.117 e. The molecular weight excluding hydrogens is 178 g/mol. The van der Waals surface area contributed by atoms with Gasteiger partial charge in [0.05, 0.1) is 10.7 Å². The van der Waals surface area contributed by atoms with Gasteiger partial charge in [0.25, 0.3) is 0 Å². The first-order valence-electron chi connectivity index (χ1n) is 3.32. The molecule has 64 valence electrons. The van der Waals surface area contributed by atoms with Gasteiger partial charge >= 0.3 is 0 Å². The van der Waals surface area contributed by atoms with Crippen molar-refractivity contribution >= 4 is 17.3 Å². The lowest BCUT2D eigenvalue weighted by atomic mass is 10.1. The van der Waals surface area contributed by atoms with Crippen molar-refractivity contribution in [1.29, 1.82) is 0 Å². The van der Waals surface area contributed by atoms with Crippen LogP contribution in [0.15, 0.2) is 23.4 Å². The number of hydrogen-bond donors (Lipinski definition) is 2. The van der Waals surface area contributed by atoms with E-state index in [4.69, 9.17) is 21.9 Å². The second-order valence-corrected chi connectivity index (χ2v) is 2.76. The first-order valence-corrected chi connectivity index (χ1v) is 3.70. The first kappa shape index (κ1) is 8.87. The van der Waals surface area contributed by atoms with Crippen LogP contribution in [0.4, 0.5) is 0 Å². The van der Waals surface area contributed by atoms with Gasteiger partial charge in [-0.1, -0.05) is 16.8 Å². The van der Waals surface area contributed by atoms with Crippen LogP contribution in [0.25, 0.3) is 0 Å². The molecule has 1 aromatic carbocycles. The van der Waals surface area contributed by atoms with Crippen LogP contribution in [0.3, 0.4) is 0 Å². The van der Waals surface area contributed by atoms with E-state index in [0.29, 0.717) is 16.3 Å². The van der Waals surface area contributed by atoms with Crippen molar-refractivity contribution in [1.82, 2.24) is 0 Å². The van der Waals surface area contributed by atoms with Gasteiger partial charge in [0.2, 0.25) is 0 Å². The fourth-order valence-electron chi connectivity index (χ4n) is 0.851. The number of nitrogens with zero attached hydrogens (tertiary/aromatic N) is 1. The van der Waals surface area contributed by atoms with E-state index in [0.717, 1.165) is 0 Å². The van der Waals surface area contributed by atoms with E-state index < -0.39 is 0 Å². The minimum Gasteiger partial charge on any atom is -0.508 e. The molecule has 12 heavy (non-hydrogen) atoms. The number of phenols is 1. The van der Waals surface area contributed by atoms with Crippen LogP contribution in [-0.4, -0.2) is 16.0 Å². The molecule has 0 aliphatic rings. The van der Waals surface area contributed by atoms with Gasteiger partial charge in [0, 0.05) is 5.56 Å². The molecular formula is C8H8ClNO2. The normalized spacial score (nSPS) is 11.7.